The Balaban J connectivity index is 2.95. The van der Waals surface area contributed by atoms with Gasteiger partial charge in [-0.15, -0.1) is 0 Å². The Hall–Kier alpha value is -1.50. The maximum atomic E-state index is 5.40. The lowest BCUT2D eigenvalue weighted by Crippen LogP contribution is -2.25. The molecule has 0 saturated carbocycles. The van der Waals surface area contributed by atoms with Crippen molar-refractivity contribution >= 4 is 0 Å². The zero-order valence-electron chi connectivity index (χ0n) is 11.7. The van der Waals surface area contributed by atoms with Crippen LogP contribution >= 0.6 is 0 Å². The molecule has 0 unspecified atom stereocenters. The monoisotopic (exact) mass is 246 g/mol. The lowest BCUT2D eigenvalue weighted by atomic mass is 10.1. The third-order valence-electron chi connectivity index (χ3n) is 2.90. The van der Waals surface area contributed by atoms with Crippen LogP contribution in [0.5, 0.6) is 5.75 Å². The van der Waals surface area contributed by atoms with E-state index in [-0.39, 0.29) is 0 Å². The highest BCUT2D eigenvalue weighted by molar-refractivity contribution is 5.48. The van der Waals surface area contributed by atoms with Gasteiger partial charge in [-0.05, 0) is 38.6 Å². The second kappa shape index (κ2) is 7.05. The quantitative estimate of drug-likeness (QED) is 0.824. The molecule has 0 saturated heterocycles. The van der Waals surface area contributed by atoms with Crippen molar-refractivity contribution in [3.8, 4) is 17.6 Å². The van der Waals surface area contributed by atoms with E-state index < -0.39 is 0 Å². The van der Waals surface area contributed by atoms with Gasteiger partial charge in [-0.3, -0.25) is 4.90 Å². The highest BCUT2D eigenvalue weighted by Gasteiger charge is 2.07. The van der Waals surface area contributed by atoms with Crippen molar-refractivity contribution in [3.05, 3.63) is 29.3 Å². The van der Waals surface area contributed by atoms with E-state index in [0.29, 0.717) is 12.6 Å². The van der Waals surface area contributed by atoms with E-state index in [1.807, 2.05) is 6.07 Å². The number of methoxy groups -OCH3 is 1. The molecular formula is C15H22N2O. The van der Waals surface area contributed by atoms with Crippen molar-refractivity contribution in [2.75, 3.05) is 20.7 Å². The van der Waals surface area contributed by atoms with Crippen molar-refractivity contribution < 1.29 is 4.74 Å². The summed E-state index contributed by atoms with van der Waals surface area (Å²) in [6.07, 6.45) is 0. The standard InChI is InChI=1S/C15H22N2O/c1-12(2)17(3)11-13-7-8-15(18-4)14(10-13)6-5-9-16/h7-8,10,12H,9,11,16H2,1-4H3. The van der Waals surface area contributed by atoms with Crippen LogP contribution in [0.3, 0.4) is 0 Å². The van der Waals surface area contributed by atoms with Crippen LogP contribution in [0, 0.1) is 11.8 Å². The number of ether oxygens (including phenoxy) is 1. The Morgan fingerprint density at radius 2 is 2.11 bits per heavy atom. The second-order valence-corrected chi connectivity index (χ2v) is 4.55. The normalized spacial score (nSPS) is 10.4. The minimum Gasteiger partial charge on any atom is -0.495 e. The number of benzene rings is 1. The molecule has 0 heterocycles. The van der Waals surface area contributed by atoms with Gasteiger partial charge < -0.3 is 10.5 Å². The molecule has 1 aromatic carbocycles. The fraction of sp³-hybridized carbons (Fsp3) is 0.467. The minimum absolute atomic E-state index is 0.360. The molecule has 0 aliphatic carbocycles. The molecule has 0 spiro atoms. The minimum atomic E-state index is 0.360. The van der Waals surface area contributed by atoms with E-state index in [0.717, 1.165) is 17.9 Å². The average Bonchev–Trinajstić information content (AvgIpc) is 2.36. The van der Waals surface area contributed by atoms with Gasteiger partial charge in [0, 0.05) is 12.6 Å². The Bertz CT molecular complexity index is 444. The van der Waals surface area contributed by atoms with E-state index in [9.17, 15) is 0 Å². The highest BCUT2D eigenvalue weighted by atomic mass is 16.5. The summed E-state index contributed by atoms with van der Waals surface area (Å²) in [5, 5.41) is 0. The summed E-state index contributed by atoms with van der Waals surface area (Å²) in [5.41, 5.74) is 7.53. The molecule has 1 rings (SSSR count). The fourth-order valence-corrected chi connectivity index (χ4v) is 1.57. The molecule has 2 N–H and O–H groups in total. The van der Waals surface area contributed by atoms with E-state index in [1.165, 1.54) is 5.56 Å². The maximum absolute atomic E-state index is 5.40. The van der Waals surface area contributed by atoms with Gasteiger partial charge in [-0.25, -0.2) is 0 Å². The highest BCUT2D eigenvalue weighted by Crippen LogP contribution is 2.20. The van der Waals surface area contributed by atoms with Crippen molar-refractivity contribution in [1.82, 2.24) is 4.90 Å². The molecular weight excluding hydrogens is 224 g/mol. The van der Waals surface area contributed by atoms with Crippen molar-refractivity contribution in [3.63, 3.8) is 0 Å². The van der Waals surface area contributed by atoms with E-state index in [2.05, 4.69) is 49.8 Å². The Morgan fingerprint density at radius 3 is 2.67 bits per heavy atom. The van der Waals surface area contributed by atoms with Crippen LogP contribution in [0.4, 0.5) is 0 Å². The van der Waals surface area contributed by atoms with Crippen LogP contribution in [0.15, 0.2) is 18.2 Å². The number of hydrogen-bond donors (Lipinski definition) is 1. The Morgan fingerprint density at radius 1 is 1.39 bits per heavy atom. The lowest BCUT2D eigenvalue weighted by Gasteiger charge is -2.21. The molecule has 0 aromatic heterocycles. The van der Waals surface area contributed by atoms with Gasteiger partial charge >= 0.3 is 0 Å². The van der Waals surface area contributed by atoms with Gasteiger partial charge in [-0.2, -0.15) is 0 Å². The summed E-state index contributed by atoms with van der Waals surface area (Å²) in [4.78, 5) is 2.28. The summed E-state index contributed by atoms with van der Waals surface area (Å²) >= 11 is 0. The molecule has 18 heavy (non-hydrogen) atoms. The topological polar surface area (TPSA) is 38.5 Å². The summed E-state index contributed by atoms with van der Waals surface area (Å²) in [5.74, 6) is 6.71. The first kappa shape index (κ1) is 14.6. The molecule has 0 bridgehead atoms. The van der Waals surface area contributed by atoms with E-state index in [1.54, 1.807) is 7.11 Å². The van der Waals surface area contributed by atoms with Gasteiger partial charge in [-0.1, -0.05) is 17.9 Å². The first-order valence-corrected chi connectivity index (χ1v) is 6.14. The summed E-state index contributed by atoms with van der Waals surface area (Å²) in [7, 11) is 3.77. The van der Waals surface area contributed by atoms with Gasteiger partial charge in [0.15, 0.2) is 0 Å². The van der Waals surface area contributed by atoms with Crippen LogP contribution in [-0.4, -0.2) is 31.6 Å². The number of nitrogens with zero attached hydrogens (tertiary/aromatic N) is 1. The van der Waals surface area contributed by atoms with Crippen LogP contribution < -0.4 is 10.5 Å². The molecule has 3 heteroatoms. The molecule has 0 amide bonds. The number of hydrogen-bond acceptors (Lipinski definition) is 3. The molecule has 1 aromatic rings. The van der Waals surface area contributed by atoms with Crippen LogP contribution in [0.1, 0.15) is 25.0 Å². The van der Waals surface area contributed by atoms with Crippen LogP contribution in [-0.2, 0) is 6.54 Å². The third kappa shape index (κ3) is 4.06. The zero-order valence-corrected chi connectivity index (χ0v) is 11.7. The molecule has 0 radical (unpaired) electrons. The number of rotatable bonds is 4. The van der Waals surface area contributed by atoms with Gasteiger partial charge in [0.05, 0.1) is 19.2 Å². The molecule has 98 valence electrons. The third-order valence-corrected chi connectivity index (χ3v) is 2.90. The maximum Gasteiger partial charge on any atom is 0.134 e. The zero-order chi connectivity index (χ0) is 13.5. The summed E-state index contributed by atoms with van der Waals surface area (Å²) < 4.78 is 5.29. The Kier molecular flexibility index (Phi) is 5.70. The molecule has 3 nitrogen and oxygen atoms in total. The smallest absolute Gasteiger partial charge is 0.134 e. The lowest BCUT2D eigenvalue weighted by molar-refractivity contribution is 0.265. The first-order valence-electron chi connectivity index (χ1n) is 6.14. The van der Waals surface area contributed by atoms with Crippen molar-refractivity contribution in [1.29, 1.82) is 0 Å². The number of nitrogens with two attached hydrogens (primary N) is 1. The first-order chi connectivity index (χ1) is 8.58. The summed E-state index contributed by atoms with van der Waals surface area (Å²) in [6.45, 7) is 5.62. The van der Waals surface area contributed by atoms with Crippen LogP contribution in [0.25, 0.3) is 0 Å². The van der Waals surface area contributed by atoms with Crippen molar-refractivity contribution in [2.24, 2.45) is 5.73 Å². The fourth-order valence-electron chi connectivity index (χ4n) is 1.57. The van der Waals surface area contributed by atoms with Gasteiger partial charge in [0.1, 0.15) is 5.75 Å². The predicted molar refractivity (Wildman–Crippen MR) is 75.5 cm³/mol. The SMILES string of the molecule is COc1ccc(CN(C)C(C)C)cc1C#CCN. The van der Waals surface area contributed by atoms with E-state index >= 15 is 0 Å². The average molecular weight is 246 g/mol. The summed E-state index contributed by atoms with van der Waals surface area (Å²) in [6, 6.07) is 6.63. The molecule has 0 aliphatic heterocycles. The second-order valence-electron chi connectivity index (χ2n) is 4.55. The Labute approximate surface area is 110 Å². The largest absolute Gasteiger partial charge is 0.495 e. The molecule has 0 fully saturated rings. The van der Waals surface area contributed by atoms with Crippen LogP contribution in [0.2, 0.25) is 0 Å². The van der Waals surface area contributed by atoms with Gasteiger partial charge in [0.25, 0.3) is 0 Å². The molecule has 0 atom stereocenters. The predicted octanol–water partition coefficient (Wildman–Crippen LogP) is 1.85. The van der Waals surface area contributed by atoms with Crippen molar-refractivity contribution in [2.45, 2.75) is 26.4 Å². The molecule has 0 aliphatic rings. The van der Waals surface area contributed by atoms with E-state index in [4.69, 9.17) is 10.5 Å². The van der Waals surface area contributed by atoms with Gasteiger partial charge in [0.2, 0.25) is 0 Å².